The van der Waals surface area contributed by atoms with Crippen molar-refractivity contribution in [3.05, 3.63) is 83.9 Å². The highest BCUT2D eigenvalue weighted by Gasteiger charge is 2.14. The third-order valence-corrected chi connectivity index (χ3v) is 5.01. The molecule has 0 N–H and O–H groups in total. The number of sulfone groups is 1. The molecule has 3 aromatic rings. The third kappa shape index (κ3) is 3.31. The summed E-state index contributed by atoms with van der Waals surface area (Å²) in [7, 11) is -3.18. The number of fused-ring (bicyclic) bond motifs is 1. The van der Waals surface area contributed by atoms with Crippen molar-refractivity contribution < 1.29 is 8.42 Å². The predicted molar refractivity (Wildman–Crippen MR) is 86.7 cm³/mol. The summed E-state index contributed by atoms with van der Waals surface area (Å²) in [6.07, 6.45) is 0. The fourth-order valence-electron chi connectivity index (χ4n) is 2.53. The van der Waals surface area contributed by atoms with Crippen LogP contribution >= 0.6 is 0 Å². The summed E-state index contributed by atoms with van der Waals surface area (Å²) in [6.45, 7) is 0. The minimum absolute atomic E-state index is 0.0727. The Morgan fingerprint density at radius 1 is 0.667 bits per heavy atom. The van der Waals surface area contributed by atoms with E-state index in [0.29, 0.717) is 0 Å². The lowest BCUT2D eigenvalue weighted by atomic mass is 10.1. The van der Waals surface area contributed by atoms with Crippen LogP contribution in [0.15, 0.2) is 72.8 Å². The second-order valence-electron chi connectivity index (χ2n) is 5.16. The largest absolute Gasteiger partial charge is 0.228 e. The molecule has 0 aliphatic rings. The molecule has 0 aliphatic heterocycles. The van der Waals surface area contributed by atoms with E-state index in [4.69, 9.17) is 0 Å². The van der Waals surface area contributed by atoms with Crippen molar-refractivity contribution >= 4 is 20.6 Å². The molecule has 0 aliphatic carbocycles. The van der Waals surface area contributed by atoms with Crippen molar-refractivity contribution in [3.63, 3.8) is 0 Å². The van der Waals surface area contributed by atoms with Crippen LogP contribution in [0.5, 0.6) is 0 Å². The summed E-state index contributed by atoms with van der Waals surface area (Å²) in [6, 6.07) is 23.0. The van der Waals surface area contributed by atoms with Crippen LogP contribution in [0.4, 0.5) is 0 Å². The fraction of sp³-hybridized carbons (Fsp3) is 0.111. The van der Waals surface area contributed by atoms with E-state index in [9.17, 15) is 8.42 Å². The monoisotopic (exact) mass is 296 g/mol. The normalized spacial score (nSPS) is 11.6. The van der Waals surface area contributed by atoms with E-state index in [2.05, 4.69) is 0 Å². The van der Waals surface area contributed by atoms with Gasteiger partial charge >= 0.3 is 0 Å². The van der Waals surface area contributed by atoms with E-state index in [1.165, 1.54) is 0 Å². The Kier molecular flexibility index (Phi) is 3.76. The van der Waals surface area contributed by atoms with Gasteiger partial charge in [-0.05, 0) is 21.9 Å². The van der Waals surface area contributed by atoms with Crippen molar-refractivity contribution in [1.29, 1.82) is 0 Å². The lowest BCUT2D eigenvalue weighted by Gasteiger charge is -2.08. The quantitative estimate of drug-likeness (QED) is 0.730. The number of hydrogen-bond acceptors (Lipinski definition) is 2. The van der Waals surface area contributed by atoms with E-state index < -0.39 is 9.84 Å². The third-order valence-electron chi connectivity index (χ3n) is 3.48. The second-order valence-corrected chi connectivity index (χ2v) is 7.22. The zero-order valence-electron chi connectivity index (χ0n) is 11.6. The van der Waals surface area contributed by atoms with Gasteiger partial charge in [-0.1, -0.05) is 72.8 Å². The fourth-order valence-corrected chi connectivity index (χ4v) is 4.06. The van der Waals surface area contributed by atoms with Gasteiger partial charge in [0.25, 0.3) is 0 Å². The van der Waals surface area contributed by atoms with Gasteiger partial charge in [0.05, 0.1) is 11.5 Å². The first-order chi connectivity index (χ1) is 10.1. The topological polar surface area (TPSA) is 34.1 Å². The molecule has 106 valence electrons. The van der Waals surface area contributed by atoms with Gasteiger partial charge in [0.2, 0.25) is 0 Å². The van der Waals surface area contributed by atoms with Crippen LogP contribution in [0.1, 0.15) is 11.1 Å². The van der Waals surface area contributed by atoms with Crippen LogP contribution < -0.4 is 0 Å². The summed E-state index contributed by atoms with van der Waals surface area (Å²) in [5.41, 5.74) is 1.70. The molecule has 0 bridgehead atoms. The SMILES string of the molecule is O=S(=O)(Cc1ccccc1)Cc1cccc2ccccc12. The first-order valence-electron chi connectivity index (χ1n) is 6.85. The highest BCUT2D eigenvalue weighted by atomic mass is 32.2. The van der Waals surface area contributed by atoms with Crippen molar-refractivity contribution in [2.45, 2.75) is 11.5 Å². The van der Waals surface area contributed by atoms with Gasteiger partial charge < -0.3 is 0 Å². The van der Waals surface area contributed by atoms with Crippen molar-refractivity contribution in [1.82, 2.24) is 0 Å². The van der Waals surface area contributed by atoms with Crippen LogP contribution in [-0.2, 0) is 21.3 Å². The second kappa shape index (κ2) is 5.70. The standard InChI is InChI=1S/C18H16O2S/c19-21(20,13-15-7-2-1-3-8-15)14-17-11-6-10-16-9-4-5-12-18(16)17/h1-12H,13-14H2. The van der Waals surface area contributed by atoms with Crippen molar-refractivity contribution in [3.8, 4) is 0 Å². The van der Waals surface area contributed by atoms with Crippen LogP contribution in [0.25, 0.3) is 10.8 Å². The van der Waals surface area contributed by atoms with E-state index in [-0.39, 0.29) is 11.5 Å². The Bertz CT molecular complexity index is 847. The number of rotatable bonds is 4. The van der Waals surface area contributed by atoms with Crippen molar-refractivity contribution in [2.75, 3.05) is 0 Å². The molecule has 3 rings (SSSR count). The lowest BCUT2D eigenvalue weighted by molar-refractivity contribution is 0.594. The molecule has 0 amide bonds. The molecule has 0 heterocycles. The van der Waals surface area contributed by atoms with Crippen LogP contribution in [0.3, 0.4) is 0 Å². The molecule has 0 fully saturated rings. The summed E-state index contributed by atoms with van der Waals surface area (Å²) in [5.74, 6) is 0.153. The van der Waals surface area contributed by atoms with Gasteiger partial charge in [-0.2, -0.15) is 0 Å². The first-order valence-corrected chi connectivity index (χ1v) is 8.67. The van der Waals surface area contributed by atoms with E-state index >= 15 is 0 Å². The highest BCUT2D eigenvalue weighted by molar-refractivity contribution is 7.89. The Labute approximate surface area is 125 Å². The van der Waals surface area contributed by atoms with Crippen LogP contribution in [-0.4, -0.2) is 8.42 Å². The minimum Gasteiger partial charge on any atom is -0.228 e. The number of benzene rings is 3. The average molecular weight is 296 g/mol. The van der Waals surface area contributed by atoms with Gasteiger partial charge in [-0.25, -0.2) is 8.42 Å². The number of hydrogen-bond donors (Lipinski definition) is 0. The molecule has 0 atom stereocenters. The maximum atomic E-state index is 12.4. The average Bonchev–Trinajstić information content (AvgIpc) is 2.48. The zero-order valence-corrected chi connectivity index (χ0v) is 12.4. The lowest BCUT2D eigenvalue weighted by Crippen LogP contribution is -2.07. The molecule has 0 radical (unpaired) electrons. The van der Waals surface area contributed by atoms with Crippen LogP contribution in [0, 0.1) is 0 Å². The molecule has 0 saturated carbocycles. The Morgan fingerprint density at radius 3 is 2.14 bits per heavy atom. The van der Waals surface area contributed by atoms with E-state index in [0.717, 1.165) is 21.9 Å². The molecular weight excluding hydrogens is 280 g/mol. The van der Waals surface area contributed by atoms with E-state index in [1.807, 2.05) is 72.8 Å². The molecule has 3 heteroatoms. The van der Waals surface area contributed by atoms with Gasteiger partial charge in [-0.3, -0.25) is 0 Å². The zero-order chi connectivity index (χ0) is 14.7. The van der Waals surface area contributed by atoms with Crippen molar-refractivity contribution in [2.24, 2.45) is 0 Å². The molecule has 0 spiro atoms. The maximum absolute atomic E-state index is 12.4. The van der Waals surface area contributed by atoms with Gasteiger partial charge in [0, 0.05) is 0 Å². The summed E-state index contributed by atoms with van der Waals surface area (Å²) >= 11 is 0. The Morgan fingerprint density at radius 2 is 1.33 bits per heavy atom. The summed E-state index contributed by atoms with van der Waals surface area (Å²) < 4.78 is 24.8. The smallest absolute Gasteiger partial charge is 0.158 e. The molecular formula is C18H16O2S. The van der Waals surface area contributed by atoms with E-state index in [1.54, 1.807) is 0 Å². The minimum atomic E-state index is -3.18. The molecule has 21 heavy (non-hydrogen) atoms. The molecule has 2 nitrogen and oxygen atoms in total. The molecule has 0 aromatic heterocycles. The Balaban J connectivity index is 1.91. The van der Waals surface area contributed by atoms with Crippen LogP contribution in [0.2, 0.25) is 0 Å². The summed E-state index contributed by atoms with van der Waals surface area (Å²) in [4.78, 5) is 0. The van der Waals surface area contributed by atoms with Gasteiger partial charge in [0.15, 0.2) is 9.84 Å². The highest BCUT2D eigenvalue weighted by Crippen LogP contribution is 2.21. The van der Waals surface area contributed by atoms with Gasteiger partial charge in [0.1, 0.15) is 0 Å². The maximum Gasteiger partial charge on any atom is 0.158 e. The molecule has 0 saturated heterocycles. The molecule has 3 aromatic carbocycles. The van der Waals surface area contributed by atoms with Gasteiger partial charge in [-0.15, -0.1) is 0 Å². The summed E-state index contributed by atoms with van der Waals surface area (Å²) in [5, 5.41) is 2.08. The first kappa shape index (κ1) is 13.8. The molecule has 0 unspecified atom stereocenters. The Hall–Kier alpha value is -2.13. The predicted octanol–water partition coefficient (Wildman–Crippen LogP) is 3.95.